The Kier molecular flexibility index (Phi) is 7.81. The molecular weight excluding hydrogens is 669 g/mol. The van der Waals surface area contributed by atoms with Gasteiger partial charge < -0.3 is 4.90 Å². The number of hydrogen-bond donors (Lipinski definition) is 0. The van der Waals surface area contributed by atoms with E-state index < -0.39 is 0 Å². The normalized spacial score (nSPS) is 23.9. The lowest BCUT2D eigenvalue weighted by Gasteiger charge is -2.51. The quantitative estimate of drug-likeness (QED) is 0.185. The number of aryl methyl sites for hydroxylation is 1. The van der Waals surface area contributed by atoms with Gasteiger partial charge in [0.2, 0.25) is 0 Å². The Morgan fingerprint density at radius 1 is 0.593 bits per heavy atom. The standard InChI is InChI=1S/C51H64BNS/c1-31-17-19-37-40(27-31)53(39-16-14-15-33-43(39)50(10,11)25-23-46(33,2)3)45-38(20-18-34-44(45)51(12,13)26-24-47(34,4)5)52(37)42-29-32-28-35-36(30-41(32)54-42)49(8,9)22-21-48(35,6)7/h15,17-20,27-30H,14,16,21-26H2,1-13H3. The van der Waals surface area contributed by atoms with Crippen molar-refractivity contribution in [3.63, 3.8) is 0 Å². The molecule has 9 rings (SSSR count). The summed E-state index contributed by atoms with van der Waals surface area (Å²) in [5, 5.41) is 1.43. The Hall–Kier alpha value is -3.04. The third-order valence-corrected chi connectivity index (χ3v) is 16.6. The van der Waals surface area contributed by atoms with E-state index in [0.717, 1.165) is 12.8 Å². The number of anilines is 2. The lowest BCUT2D eigenvalue weighted by molar-refractivity contribution is 0.254. The smallest absolute Gasteiger partial charge is 0.259 e. The molecule has 2 heterocycles. The summed E-state index contributed by atoms with van der Waals surface area (Å²) < 4.78 is 2.94. The van der Waals surface area contributed by atoms with Gasteiger partial charge in [0.05, 0.1) is 0 Å². The highest BCUT2D eigenvalue weighted by Gasteiger charge is 2.49. The first-order chi connectivity index (χ1) is 25.1. The largest absolute Gasteiger partial charge is 0.315 e. The van der Waals surface area contributed by atoms with Crippen LogP contribution in [0.25, 0.3) is 10.1 Å². The van der Waals surface area contributed by atoms with Crippen molar-refractivity contribution in [3.05, 3.63) is 99.3 Å². The summed E-state index contributed by atoms with van der Waals surface area (Å²) in [4.78, 5) is 2.87. The van der Waals surface area contributed by atoms with Gasteiger partial charge in [-0.15, -0.1) is 11.3 Å². The molecule has 282 valence electrons. The fourth-order valence-corrected chi connectivity index (χ4v) is 12.9. The van der Waals surface area contributed by atoms with E-state index in [1.807, 2.05) is 0 Å². The van der Waals surface area contributed by atoms with Crippen LogP contribution in [-0.4, -0.2) is 6.71 Å². The van der Waals surface area contributed by atoms with Gasteiger partial charge in [-0.1, -0.05) is 113 Å². The minimum absolute atomic E-state index is 0.0661. The number of allylic oxidation sites excluding steroid dienone is 4. The van der Waals surface area contributed by atoms with Crippen LogP contribution >= 0.6 is 11.3 Å². The molecule has 0 amide bonds. The van der Waals surface area contributed by atoms with E-state index >= 15 is 0 Å². The van der Waals surface area contributed by atoms with Gasteiger partial charge in [0, 0.05) is 21.8 Å². The van der Waals surface area contributed by atoms with E-state index in [1.54, 1.807) is 39.1 Å². The van der Waals surface area contributed by atoms with Gasteiger partial charge in [0.15, 0.2) is 0 Å². The lowest BCUT2D eigenvalue weighted by Crippen LogP contribution is -2.58. The Bertz CT molecular complexity index is 2260. The fourth-order valence-electron chi connectivity index (χ4n) is 11.7. The second-order valence-electron chi connectivity index (χ2n) is 22.1. The summed E-state index contributed by atoms with van der Waals surface area (Å²) in [5.41, 5.74) is 19.2. The molecule has 0 unspecified atom stereocenters. The molecule has 1 saturated carbocycles. The molecule has 5 aliphatic rings. The van der Waals surface area contributed by atoms with Crippen molar-refractivity contribution in [2.24, 2.45) is 10.8 Å². The Labute approximate surface area is 331 Å². The Balaban J connectivity index is 1.37. The van der Waals surface area contributed by atoms with Gasteiger partial charge in [-0.05, 0) is 175 Å². The average Bonchev–Trinajstić information content (AvgIpc) is 3.52. The molecule has 0 spiro atoms. The molecular formula is C51H64BNS. The minimum Gasteiger partial charge on any atom is -0.315 e. The fraction of sp³-hybridized carbons (Fsp3) is 0.529. The summed E-state index contributed by atoms with van der Waals surface area (Å²) in [6.07, 6.45) is 12.2. The van der Waals surface area contributed by atoms with Crippen LogP contribution in [0.3, 0.4) is 0 Å². The zero-order chi connectivity index (χ0) is 38.5. The topological polar surface area (TPSA) is 3.24 Å². The van der Waals surface area contributed by atoms with Gasteiger partial charge in [0.25, 0.3) is 6.71 Å². The molecule has 1 aromatic heterocycles. The van der Waals surface area contributed by atoms with Gasteiger partial charge in [-0.25, -0.2) is 0 Å². The number of rotatable bonds is 2. The molecule has 1 nitrogen and oxygen atoms in total. The molecule has 1 fully saturated rings. The van der Waals surface area contributed by atoms with Gasteiger partial charge in [-0.2, -0.15) is 0 Å². The number of hydrogen-bond acceptors (Lipinski definition) is 2. The summed E-state index contributed by atoms with van der Waals surface area (Å²) in [5.74, 6) is 0. The van der Waals surface area contributed by atoms with E-state index in [4.69, 9.17) is 0 Å². The molecule has 4 aliphatic carbocycles. The van der Waals surface area contributed by atoms with E-state index in [2.05, 4.69) is 161 Å². The van der Waals surface area contributed by atoms with Crippen LogP contribution in [0.15, 0.2) is 71.5 Å². The molecule has 1 aliphatic heterocycles. The zero-order valence-corrected chi connectivity index (χ0v) is 36.6. The SMILES string of the molecule is Cc1ccc2c(c1)N(C1=C3C(=CCC1)C(C)(C)CCC3(C)C)c1c(ccc3c1C(C)(C)CCC3(C)C)B2c1cc2cc3c(cc2s1)C(C)(C)CCC3(C)C. The average molecular weight is 734 g/mol. The van der Waals surface area contributed by atoms with Gasteiger partial charge in [0.1, 0.15) is 0 Å². The van der Waals surface area contributed by atoms with Gasteiger partial charge >= 0.3 is 0 Å². The van der Waals surface area contributed by atoms with Gasteiger partial charge in [-0.3, -0.25) is 0 Å². The molecule has 3 heteroatoms. The van der Waals surface area contributed by atoms with E-state index in [0.29, 0.717) is 0 Å². The molecule has 0 saturated heterocycles. The maximum absolute atomic E-state index is 2.87. The predicted octanol–water partition coefficient (Wildman–Crippen LogP) is 12.7. The first-order valence-electron chi connectivity index (χ1n) is 21.2. The Morgan fingerprint density at radius 2 is 1.19 bits per heavy atom. The third-order valence-electron chi connectivity index (χ3n) is 15.4. The molecule has 0 N–H and O–H groups in total. The van der Waals surface area contributed by atoms with Crippen molar-refractivity contribution in [1.29, 1.82) is 0 Å². The number of benzene rings is 3. The van der Waals surface area contributed by atoms with Crippen LogP contribution in [0.2, 0.25) is 0 Å². The summed E-state index contributed by atoms with van der Waals surface area (Å²) in [7, 11) is 0. The van der Waals surface area contributed by atoms with Crippen molar-refractivity contribution in [1.82, 2.24) is 0 Å². The van der Waals surface area contributed by atoms with E-state index in [-0.39, 0.29) is 39.2 Å². The number of fused-ring (bicyclic) bond motifs is 7. The van der Waals surface area contributed by atoms with Crippen molar-refractivity contribution >= 4 is 55.2 Å². The molecule has 3 aromatic carbocycles. The maximum atomic E-state index is 2.87. The van der Waals surface area contributed by atoms with Crippen molar-refractivity contribution in [2.75, 3.05) is 4.90 Å². The van der Waals surface area contributed by atoms with E-state index in [1.165, 1.54) is 81.3 Å². The summed E-state index contributed by atoms with van der Waals surface area (Å²) in [6, 6.07) is 20.4. The third kappa shape index (κ3) is 5.29. The van der Waals surface area contributed by atoms with Crippen LogP contribution < -0.4 is 20.6 Å². The predicted molar refractivity (Wildman–Crippen MR) is 238 cm³/mol. The Morgan fingerprint density at radius 3 is 1.89 bits per heavy atom. The highest BCUT2D eigenvalue weighted by Crippen LogP contribution is 2.58. The molecule has 0 atom stereocenters. The minimum atomic E-state index is 0.0661. The number of thiophene rings is 1. The van der Waals surface area contributed by atoms with Crippen molar-refractivity contribution in [2.45, 2.75) is 163 Å². The highest BCUT2D eigenvalue weighted by molar-refractivity contribution is 7.32. The van der Waals surface area contributed by atoms with Crippen LogP contribution in [0.1, 0.15) is 162 Å². The maximum Gasteiger partial charge on any atom is 0.259 e. The van der Waals surface area contributed by atoms with Crippen molar-refractivity contribution < 1.29 is 0 Å². The summed E-state index contributed by atoms with van der Waals surface area (Å²) in [6.45, 7) is 32.5. The van der Waals surface area contributed by atoms with Crippen LogP contribution in [0.4, 0.5) is 11.4 Å². The van der Waals surface area contributed by atoms with Crippen LogP contribution in [0, 0.1) is 17.8 Å². The van der Waals surface area contributed by atoms with Crippen LogP contribution in [0.5, 0.6) is 0 Å². The summed E-state index contributed by atoms with van der Waals surface area (Å²) >= 11 is 2.06. The lowest BCUT2D eigenvalue weighted by atomic mass is 9.37. The van der Waals surface area contributed by atoms with Crippen LogP contribution in [-0.2, 0) is 21.7 Å². The highest BCUT2D eigenvalue weighted by atomic mass is 32.1. The second-order valence-corrected chi connectivity index (χ2v) is 23.2. The molecule has 54 heavy (non-hydrogen) atoms. The van der Waals surface area contributed by atoms with Crippen molar-refractivity contribution in [3.8, 4) is 0 Å². The first kappa shape index (κ1) is 36.6. The molecule has 0 bridgehead atoms. The molecule has 0 radical (unpaired) electrons. The molecule has 4 aromatic rings. The van der Waals surface area contributed by atoms with E-state index in [9.17, 15) is 0 Å². The zero-order valence-electron chi connectivity index (χ0n) is 35.8. The number of nitrogens with zero attached hydrogens (tertiary/aromatic N) is 1. The second kappa shape index (κ2) is 11.5. The first-order valence-corrected chi connectivity index (χ1v) is 22.1. The monoisotopic (exact) mass is 733 g/mol.